The monoisotopic (exact) mass is 290 g/mol. The average Bonchev–Trinajstić information content (AvgIpc) is 2.90. The summed E-state index contributed by atoms with van der Waals surface area (Å²) in [6.07, 6.45) is 5.42. The molecule has 0 aliphatic rings. The summed E-state index contributed by atoms with van der Waals surface area (Å²) in [5, 5.41) is 10.2. The van der Waals surface area contributed by atoms with E-state index in [2.05, 4.69) is 4.57 Å². The predicted molar refractivity (Wildman–Crippen MR) is 90.8 cm³/mol. The minimum absolute atomic E-state index is 0.273. The fraction of sp³-hybridized carbons (Fsp3) is 0.0526. The van der Waals surface area contributed by atoms with E-state index in [-0.39, 0.29) is 5.75 Å². The van der Waals surface area contributed by atoms with Gasteiger partial charge >= 0.3 is 0 Å². The zero-order valence-corrected chi connectivity index (χ0v) is 12.4. The molecule has 3 aromatic rings. The Labute approximate surface area is 130 Å². The van der Waals surface area contributed by atoms with Crippen LogP contribution in [0.2, 0.25) is 0 Å². The summed E-state index contributed by atoms with van der Waals surface area (Å²) in [6.45, 7) is 2.05. The van der Waals surface area contributed by atoms with Crippen molar-refractivity contribution >= 4 is 6.08 Å². The summed E-state index contributed by atoms with van der Waals surface area (Å²) in [6, 6.07) is 17.5. The van der Waals surface area contributed by atoms with E-state index in [1.54, 1.807) is 6.07 Å². The molecule has 0 saturated heterocycles. The normalized spacial score (nSPS) is 11.1. The Kier molecular flexibility index (Phi) is 3.71. The number of nitrogens with two attached hydrogens (primary N) is 1. The van der Waals surface area contributed by atoms with Gasteiger partial charge in [0.1, 0.15) is 5.75 Å². The maximum Gasteiger partial charge on any atom is 0.123 e. The second kappa shape index (κ2) is 5.82. The molecule has 3 rings (SSSR count). The van der Waals surface area contributed by atoms with Gasteiger partial charge in [0.15, 0.2) is 0 Å². The molecule has 3 heteroatoms. The summed E-state index contributed by atoms with van der Waals surface area (Å²) in [5.41, 5.74) is 10.5. The minimum Gasteiger partial charge on any atom is -0.507 e. The number of aromatic nitrogens is 1. The highest BCUT2D eigenvalue weighted by molar-refractivity contribution is 5.72. The largest absolute Gasteiger partial charge is 0.507 e. The molecule has 0 saturated carbocycles. The Bertz CT molecular complexity index is 817. The molecule has 1 aromatic heterocycles. The van der Waals surface area contributed by atoms with Crippen molar-refractivity contribution in [2.45, 2.75) is 6.92 Å². The van der Waals surface area contributed by atoms with Crippen LogP contribution in [0, 0.1) is 6.92 Å². The van der Waals surface area contributed by atoms with Crippen LogP contribution in [0.4, 0.5) is 0 Å². The van der Waals surface area contributed by atoms with Gasteiger partial charge in [-0.05, 0) is 54.6 Å². The van der Waals surface area contributed by atoms with Crippen LogP contribution in [0.3, 0.4) is 0 Å². The van der Waals surface area contributed by atoms with Gasteiger partial charge in [0, 0.05) is 23.1 Å². The number of phenolic OH excluding ortho intramolecular Hbond substituents is 1. The van der Waals surface area contributed by atoms with Crippen molar-refractivity contribution < 1.29 is 5.11 Å². The number of hydrogen-bond acceptors (Lipinski definition) is 2. The maximum atomic E-state index is 10.2. The molecule has 0 radical (unpaired) electrons. The number of phenols is 1. The molecule has 0 fully saturated rings. The third-order valence-electron chi connectivity index (χ3n) is 3.73. The zero-order valence-electron chi connectivity index (χ0n) is 12.4. The molecule has 0 aliphatic heterocycles. The number of nitrogens with zero attached hydrogens (tertiary/aromatic N) is 1. The van der Waals surface area contributed by atoms with Gasteiger partial charge in [-0.15, -0.1) is 0 Å². The lowest BCUT2D eigenvalue weighted by Gasteiger charge is -2.11. The van der Waals surface area contributed by atoms with Crippen molar-refractivity contribution in [2.24, 2.45) is 5.73 Å². The Morgan fingerprint density at radius 3 is 2.55 bits per heavy atom. The van der Waals surface area contributed by atoms with Gasteiger partial charge in [0.05, 0.1) is 0 Å². The van der Waals surface area contributed by atoms with Gasteiger partial charge in [0.25, 0.3) is 0 Å². The van der Waals surface area contributed by atoms with Crippen molar-refractivity contribution in [1.29, 1.82) is 0 Å². The molecular weight excluding hydrogens is 272 g/mol. The van der Waals surface area contributed by atoms with Crippen molar-refractivity contribution in [3.63, 3.8) is 0 Å². The fourth-order valence-corrected chi connectivity index (χ4v) is 2.59. The summed E-state index contributed by atoms with van der Waals surface area (Å²) in [7, 11) is 0. The molecule has 0 spiro atoms. The van der Waals surface area contributed by atoms with E-state index in [4.69, 9.17) is 5.73 Å². The van der Waals surface area contributed by atoms with E-state index in [9.17, 15) is 5.11 Å². The highest BCUT2D eigenvalue weighted by Crippen LogP contribution is 2.32. The Hall–Kier alpha value is -2.94. The Balaban J connectivity index is 2.14. The first-order valence-electron chi connectivity index (χ1n) is 7.16. The fourth-order valence-electron chi connectivity index (χ4n) is 2.59. The van der Waals surface area contributed by atoms with E-state index in [1.807, 2.05) is 67.7 Å². The summed E-state index contributed by atoms with van der Waals surface area (Å²) >= 11 is 0. The van der Waals surface area contributed by atoms with E-state index in [0.717, 1.165) is 28.1 Å². The Morgan fingerprint density at radius 1 is 1.05 bits per heavy atom. The predicted octanol–water partition coefficient (Wildman–Crippen LogP) is 4.09. The smallest absolute Gasteiger partial charge is 0.123 e. The van der Waals surface area contributed by atoms with Crippen LogP contribution in [0.5, 0.6) is 5.75 Å². The molecule has 2 aromatic carbocycles. The molecule has 1 heterocycles. The number of rotatable bonds is 3. The van der Waals surface area contributed by atoms with Crippen LogP contribution in [0.25, 0.3) is 22.9 Å². The average molecular weight is 290 g/mol. The summed E-state index contributed by atoms with van der Waals surface area (Å²) in [4.78, 5) is 0. The molecule has 0 unspecified atom stereocenters. The van der Waals surface area contributed by atoms with Gasteiger partial charge in [-0.25, -0.2) is 0 Å². The first kappa shape index (κ1) is 14.0. The van der Waals surface area contributed by atoms with Crippen LogP contribution in [0.15, 0.2) is 67.0 Å². The first-order chi connectivity index (χ1) is 10.7. The second-order valence-corrected chi connectivity index (χ2v) is 5.18. The van der Waals surface area contributed by atoms with Crippen LogP contribution in [0.1, 0.15) is 11.3 Å². The van der Waals surface area contributed by atoms with Crippen LogP contribution in [-0.4, -0.2) is 9.67 Å². The lowest BCUT2D eigenvalue weighted by atomic mass is 10.0. The van der Waals surface area contributed by atoms with E-state index >= 15 is 0 Å². The SMILES string of the molecule is Cc1ccn(-c2ccc(O)c(-c3ccccc3)c2)c1/C=C\N. The standard InChI is InChI=1S/C19H18N2O/c1-14-10-12-21(18(14)9-11-20)16-7-8-19(22)17(13-16)15-5-3-2-4-6-15/h2-13,22H,20H2,1H3/b11-9-. The topological polar surface area (TPSA) is 51.2 Å². The summed E-state index contributed by atoms with van der Waals surface area (Å²) < 4.78 is 2.06. The van der Waals surface area contributed by atoms with Gasteiger partial charge in [-0.3, -0.25) is 0 Å². The van der Waals surface area contributed by atoms with Crippen LogP contribution in [-0.2, 0) is 0 Å². The van der Waals surface area contributed by atoms with E-state index < -0.39 is 0 Å². The first-order valence-corrected chi connectivity index (χ1v) is 7.16. The van der Waals surface area contributed by atoms with Gasteiger partial charge in [0.2, 0.25) is 0 Å². The molecule has 22 heavy (non-hydrogen) atoms. The number of hydrogen-bond donors (Lipinski definition) is 2. The molecule has 110 valence electrons. The van der Waals surface area contributed by atoms with Crippen molar-refractivity contribution in [3.8, 4) is 22.6 Å². The molecular formula is C19H18N2O. The number of aromatic hydroxyl groups is 1. The van der Waals surface area contributed by atoms with E-state index in [0.29, 0.717) is 0 Å². The second-order valence-electron chi connectivity index (χ2n) is 5.18. The zero-order chi connectivity index (χ0) is 15.5. The molecule has 0 bridgehead atoms. The third kappa shape index (κ3) is 2.49. The third-order valence-corrected chi connectivity index (χ3v) is 3.73. The van der Waals surface area contributed by atoms with Gasteiger partial charge in [-0.1, -0.05) is 30.3 Å². The quantitative estimate of drug-likeness (QED) is 0.763. The van der Waals surface area contributed by atoms with Gasteiger partial charge < -0.3 is 15.4 Å². The van der Waals surface area contributed by atoms with Crippen molar-refractivity contribution in [2.75, 3.05) is 0 Å². The number of benzene rings is 2. The number of aryl methyl sites for hydroxylation is 1. The highest BCUT2D eigenvalue weighted by Gasteiger charge is 2.09. The lowest BCUT2D eigenvalue weighted by molar-refractivity contribution is 0.477. The lowest BCUT2D eigenvalue weighted by Crippen LogP contribution is -1.97. The van der Waals surface area contributed by atoms with Crippen molar-refractivity contribution in [3.05, 3.63) is 78.3 Å². The molecule has 3 N–H and O–H groups in total. The molecule has 0 amide bonds. The molecule has 0 atom stereocenters. The van der Waals surface area contributed by atoms with Crippen LogP contribution >= 0.6 is 0 Å². The molecule has 0 aliphatic carbocycles. The van der Waals surface area contributed by atoms with Gasteiger partial charge in [-0.2, -0.15) is 0 Å². The summed E-state index contributed by atoms with van der Waals surface area (Å²) in [5.74, 6) is 0.273. The molecule has 3 nitrogen and oxygen atoms in total. The highest BCUT2D eigenvalue weighted by atomic mass is 16.3. The van der Waals surface area contributed by atoms with Crippen molar-refractivity contribution in [1.82, 2.24) is 4.57 Å². The van der Waals surface area contributed by atoms with E-state index in [1.165, 1.54) is 6.20 Å². The Morgan fingerprint density at radius 2 is 1.82 bits per heavy atom. The maximum absolute atomic E-state index is 10.2. The van der Waals surface area contributed by atoms with Crippen LogP contribution < -0.4 is 5.73 Å². The minimum atomic E-state index is 0.273.